The summed E-state index contributed by atoms with van der Waals surface area (Å²) in [4.78, 5) is 0. The van der Waals surface area contributed by atoms with Crippen molar-refractivity contribution in [2.75, 3.05) is 7.11 Å². The molecular weight excluding hydrogens is 63.0 g/mol. The number of methoxy groups -OCH3 is 1. The molecule has 0 aliphatic carbocycles. The Labute approximate surface area is 43.3 Å². The number of aliphatic hydroxyl groups is 1. The first-order chi connectivity index (χ1) is 1.91. The van der Waals surface area contributed by atoms with Crippen LogP contribution >= 0.6 is 0 Å². The van der Waals surface area contributed by atoms with Crippen molar-refractivity contribution in [1.29, 1.82) is 0 Å². The van der Waals surface area contributed by atoms with Gasteiger partial charge in [0.25, 0.3) is 0 Å². The van der Waals surface area contributed by atoms with Crippen molar-refractivity contribution < 1.29 is 28.7 Å². The largest absolute Gasteiger partial charge is 1.00 e. The summed E-state index contributed by atoms with van der Waals surface area (Å²) < 4.78 is 3.97. The van der Waals surface area contributed by atoms with E-state index in [0.29, 0.717) is 6.79 Å². The number of rotatable bonds is 1. The molecule has 0 fully saturated rings. The molecule has 0 bridgehead atoms. The van der Waals surface area contributed by atoms with Crippen LogP contribution in [0.5, 0.6) is 0 Å². The van der Waals surface area contributed by atoms with Crippen LogP contribution in [-0.2, 0) is 4.74 Å². The molecule has 0 rings (SSSR count). The maximum atomic E-state index is 7.53. The van der Waals surface area contributed by atoms with Crippen molar-refractivity contribution in [3.05, 3.63) is 6.79 Å². The minimum atomic E-state index is 0. The maximum absolute atomic E-state index is 7.53. The summed E-state index contributed by atoms with van der Waals surface area (Å²) in [5.41, 5.74) is 0. The van der Waals surface area contributed by atoms with Crippen LogP contribution in [-0.4, -0.2) is 12.2 Å². The number of ether oxygens (including phenoxy) is 1. The predicted molar refractivity (Wildman–Crippen MR) is 13.2 cm³/mol. The van der Waals surface area contributed by atoms with Gasteiger partial charge in [-0.15, -0.1) is 0 Å². The molecule has 1 N–H and O–H groups in total. The quantitative estimate of drug-likeness (QED) is 0.264. The molecule has 0 unspecified atom stereocenters. The second-order valence-corrected chi connectivity index (χ2v) is 0.341. The summed E-state index contributed by atoms with van der Waals surface area (Å²) >= 11 is 0. The van der Waals surface area contributed by atoms with Crippen LogP contribution in [0, 0.1) is 6.79 Å². The molecule has 0 saturated carbocycles. The van der Waals surface area contributed by atoms with E-state index in [0.717, 1.165) is 0 Å². The van der Waals surface area contributed by atoms with Crippen molar-refractivity contribution in [3.8, 4) is 0 Å². The van der Waals surface area contributed by atoms with Gasteiger partial charge in [0.2, 0.25) is 0 Å². The van der Waals surface area contributed by atoms with Gasteiger partial charge in [0.1, 0.15) is 0 Å². The van der Waals surface area contributed by atoms with E-state index < -0.39 is 0 Å². The standard InChI is InChI=1S/C2H5O2.Li/c1-4-2-3;/h2-3H,1H3;/q-1;+1. The van der Waals surface area contributed by atoms with Gasteiger partial charge in [0.05, 0.1) is 0 Å². The second kappa shape index (κ2) is 8.82. The van der Waals surface area contributed by atoms with Crippen LogP contribution in [0.25, 0.3) is 0 Å². The molecule has 0 atom stereocenters. The van der Waals surface area contributed by atoms with Gasteiger partial charge in [-0.2, -0.15) is 0 Å². The van der Waals surface area contributed by atoms with Crippen molar-refractivity contribution in [2.45, 2.75) is 0 Å². The molecule has 26 valence electrons. The van der Waals surface area contributed by atoms with Gasteiger partial charge >= 0.3 is 18.9 Å². The molecule has 0 radical (unpaired) electrons. The molecule has 0 aromatic carbocycles. The summed E-state index contributed by atoms with van der Waals surface area (Å²) in [6.07, 6.45) is 0. The average molecular weight is 68.0 g/mol. The van der Waals surface area contributed by atoms with Crippen molar-refractivity contribution in [1.82, 2.24) is 0 Å². The molecule has 0 aromatic heterocycles. The number of aliphatic hydroxyl groups excluding tert-OH is 1. The number of hydrogen-bond acceptors (Lipinski definition) is 2. The Morgan fingerprint density at radius 1 is 1.80 bits per heavy atom. The third-order valence-electron chi connectivity index (χ3n) is 0.105. The fourth-order valence-electron chi connectivity index (χ4n) is 0. The molecule has 0 amide bonds. The molecule has 0 saturated heterocycles. The summed E-state index contributed by atoms with van der Waals surface area (Å²) in [6, 6.07) is 0. The maximum Gasteiger partial charge on any atom is 1.00 e. The van der Waals surface area contributed by atoms with Crippen LogP contribution in [0.15, 0.2) is 0 Å². The summed E-state index contributed by atoms with van der Waals surface area (Å²) in [5, 5.41) is 7.53. The monoisotopic (exact) mass is 68.0 g/mol. The second-order valence-electron chi connectivity index (χ2n) is 0.341. The van der Waals surface area contributed by atoms with Gasteiger partial charge < -0.3 is 9.84 Å². The van der Waals surface area contributed by atoms with Crippen LogP contribution in [0.1, 0.15) is 0 Å². The molecule has 2 nitrogen and oxygen atoms in total. The van der Waals surface area contributed by atoms with Crippen LogP contribution in [0.3, 0.4) is 0 Å². The summed E-state index contributed by atoms with van der Waals surface area (Å²) in [7, 11) is 1.38. The van der Waals surface area contributed by atoms with Gasteiger partial charge in [-0.05, 0) is 0 Å². The van der Waals surface area contributed by atoms with Crippen LogP contribution in [0.2, 0.25) is 0 Å². The SMILES string of the molecule is CO[CH-]O.[Li+]. The van der Waals surface area contributed by atoms with Gasteiger partial charge in [-0.1, -0.05) is 6.79 Å². The van der Waals surface area contributed by atoms with Crippen molar-refractivity contribution >= 4 is 0 Å². The summed E-state index contributed by atoms with van der Waals surface area (Å²) in [6.45, 7) is 0.625. The van der Waals surface area contributed by atoms with E-state index in [1.807, 2.05) is 0 Å². The Kier molecular flexibility index (Phi) is 16.1. The van der Waals surface area contributed by atoms with E-state index in [2.05, 4.69) is 4.74 Å². The molecule has 3 heteroatoms. The van der Waals surface area contributed by atoms with E-state index >= 15 is 0 Å². The average Bonchev–Trinajstić information content (AvgIpc) is 1.37. The Morgan fingerprint density at radius 2 is 2.00 bits per heavy atom. The Morgan fingerprint density at radius 3 is 2.00 bits per heavy atom. The van der Waals surface area contributed by atoms with E-state index in [4.69, 9.17) is 5.11 Å². The normalized spacial score (nSPS) is 6.00. The van der Waals surface area contributed by atoms with Gasteiger partial charge in [0, 0.05) is 7.11 Å². The van der Waals surface area contributed by atoms with Gasteiger partial charge in [0.15, 0.2) is 0 Å². The Balaban J connectivity index is 0. The predicted octanol–water partition coefficient (Wildman–Crippen LogP) is -2.87. The zero-order valence-electron chi connectivity index (χ0n) is 3.43. The van der Waals surface area contributed by atoms with Gasteiger partial charge in [-0.25, -0.2) is 0 Å². The molecular formula is C2H5LiO2. The Bertz CT molecular complexity index is 9.61. The van der Waals surface area contributed by atoms with E-state index in [1.54, 1.807) is 0 Å². The third-order valence-corrected chi connectivity index (χ3v) is 0.105. The first kappa shape index (κ1) is 9.10. The van der Waals surface area contributed by atoms with E-state index in [1.165, 1.54) is 7.11 Å². The number of hydrogen-bond donors (Lipinski definition) is 1. The smallest absolute Gasteiger partial charge is 0.539 e. The first-order valence-electron chi connectivity index (χ1n) is 0.902. The van der Waals surface area contributed by atoms with Gasteiger partial charge in [-0.3, -0.25) is 0 Å². The van der Waals surface area contributed by atoms with E-state index in [-0.39, 0.29) is 18.9 Å². The molecule has 0 spiro atoms. The minimum Gasteiger partial charge on any atom is -0.539 e. The zero-order valence-corrected chi connectivity index (χ0v) is 3.43. The summed E-state index contributed by atoms with van der Waals surface area (Å²) in [5.74, 6) is 0. The first-order valence-corrected chi connectivity index (χ1v) is 0.902. The molecule has 0 aliphatic rings. The fourth-order valence-corrected chi connectivity index (χ4v) is 0. The zero-order chi connectivity index (χ0) is 3.41. The topological polar surface area (TPSA) is 29.5 Å². The van der Waals surface area contributed by atoms with Crippen LogP contribution in [0.4, 0.5) is 0 Å². The van der Waals surface area contributed by atoms with Crippen LogP contribution < -0.4 is 18.9 Å². The minimum absolute atomic E-state index is 0. The molecule has 0 aromatic rings. The molecule has 0 aliphatic heterocycles. The Hall–Kier alpha value is 0.517. The van der Waals surface area contributed by atoms with Crippen molar-refractivity contribution in [2.24, 2.45) is 0 Å². The molecule has 0 heterocycles. The fraction of sp³-hybridized carbons (Fsp3) is 0.500. The van der Waals surface area contributed by atoms with Crippen molar-refractivity contribution in [3.63, 3.8) is 0 Å². The third kappa shape index (κ3) is 12.4. The molecule has 5 heavy (non-hydrogen) atoms. The van der Waals surface area contributed by atoms with E-state index in [9.17, 15) is 0 Å².